The summed E-state index contributed by atoms with van der Waals surface area (Å²) < 4.78 is 52.3. The van der Waals surface area contributed by atoms with Gasteiger partial charge in [0, 0.05) is 17.1 Å². The molecule has 100 valence electrons. The van der Waals surface area contributed by atoms with Crippen molar-refractivity contribution in [2.75, 3.05) is 5.32 Å². The van der Waals surface area contributed by atoms with Crippen molar-refractivity contribution < 1.29 is 17.6 Å². The summed E-state index contributed by atoms with van der Waals surface area (Å²) >= 11 is 3.02. The Balaban J connectivity index is 2.16. The molecule has 0 fully saturated rings. The van der Waals surface area contributed by atoms with Gasteiger partial charge in [-0.05, 0) is 39.7 Å². The third-order valence-corrected chi connectivity index (χ3v) is 3.09. The van der Waals surface area contributed by atoms with Gasteiger partial charge in [0.25, 0.3) is 0 Å². The van der Waals surface area contributed by atoms with E-state index in [1.54, 1.807) is 0 Å². The molecule has 0 aliphatic rings. The summed E-state index contributed by atoms with van der Waals surface area (Å²) in [4.78, 5) is 0. The third-order valence-electron chi connectivity index (χ3n) is 2.46. The summed E-state index contributed by atoms with van der Waals surface area (Å²) in [6.45, 7) is 0.0817. The minimum absolute atomic E-state index is 0.0612. The molecule has 1 nitrogen and oxygen atoms in total. The first-order valence-electron chi connectivity index (χ1n) is 5.29. The molecule has 0 heterocycles. The van der Waals surface area contributed by atoms with Gasteiger partial charge in [-0.1, -0.05) is 6.07 Å². The number of hydrogen-bond acceptors (Lipinski definition) is 1. The monoisotopic (exact) mass is 333 g/mol. The minimum atomic E-state index is -0.974. The molecule has 0 amide bonds. The molecule has 0 atom stereocenters. The van der Waals surface area contributed by atoms with E-state index in [0.29, 0.717) is 5.56 Å². The van der Waals surface area contributed by atoms with Crippen LogP contribution in [0.1, 0.15) is 5.56 Å². The molecule has 0 saturated heterocycles. The predicted molar refractivity (Wildman–Crippen MR) is 67.7 cm³/mol. The summed E-state index contributed by atoms with van der Waals surface area (Å²) in [5.41, 5.74) is 0.501. The Kier molecular flexibility index (Phi) is 4.09. The SMILES string of the molecule is Fc1cc(F)c(NCc2ccc(F)c(F)c2)c(Br)c1. The Morgan fingerprint density at radius 3 is 2.26 bits per heavy atom. The van der Waals surface area contributed by atoms with E-state index in [0.717, 1.165) is 24.3 Å². The van der Waals surface area contributed by atoms with Crippen LogP contribution in [0.15, 0.2) is 34.8 Å². The fourth-order valence-electron chi connectivity index (χ4n) is 1.55. The van der Waals surface area contributed by atoms with Crippen molar-refractivity contribution >= 4 is 21.6 Å². The summed E-state index contributed by atoms with van der Waals surface area (Å²) in [6, 6.07) is 5.22. The van der Waals surface area contributed by atoms with Gasteiger partial charge >= 0.3 is 0 Å². The highest BCUT2D eigenvalue weighted by atomic mass is 79.9. The van der Waals surface area contributed by atoms with E-state index in [2.05, 4.69) is 21.2 Å². The van der Waals surface area contributed by atoms with Gasteiger partial charge in [0.2, 0.25) is 0 Å². The van der Waals surface area contributed by atoms with Crippen molar-refractivity contribution in [3.8, 4) is 0 Å². The fraction of sp³-hybridized carbons (Fsp3) is 0.0769. The average Bonchev–Trinajstić information content (AvgIpc) is 2.32. The van der Waals surface area contributed by atoms with Crippen LogP contribution in [0.4, 0.5) is 23.2 Å². The zero-order valence-corrected chi connectivity index (χ0v) is 11.1. The minimum Gasteiger partial charge on any atom is -0.378 e. The molecule has 1 N–H and O–H groups in total. The lowest BCUT2D eigenvalue weighted by atomic mass is 10.2. The van der Waals surface area contributed by atoms with Crippen LogP contribution in [0.5, 0.6) is 0 Å². The normalized spacial score (nSPS) is 10.6. The quantitative estimate of drug-likeness (QED) is 0.808. The second kappa shape index (κ2) is 5.61. The molecule has 2 rings (SSSR count). The van der Waals surface area contributed by atoms with Crippen LogP contribution in [-0.2, 0) is 6.54 Å². The van der Waals surface area contributed by atoms with Crippen molar-refractivity contribution in [3.63, 3.8) is 0 Å². The van der Waals surface area contributed by atoms with Gasteiger partial charge in [-0.2, -0.15) is 0 Å². The van der Waals surface area contributed by atoms with Crippen molar-refractivity contribution in [3.05, 3.63) is 63.6 Å². The number of benzene rings is 2. The molecule has 0 aliphatic heterocycles. The van der Waals surface area contributed by atoms with Gasteiger partial charge < -0.3 is 5.32 Å². The van der Waals surface area contributed by atoms with Crippen LogP contribution in [0.3, 0.4) is 0 Å². The van der Waals surface area contributed by atoms with Crippen LogP contribution in [-0.4, -0.2) is 0 Å². The Morgan fingerprint density at radius 1 is 0.895 bits per heavy atom. The van der Waals surface area contributed by atoms with Crippen LogP contribution in [0, 0.1) is 23.3 Å². The predicted octanol–water partition coefficient (Wildman–Crippen LogP) is 4.62. The van der Waals surface area contributed by atoms with Crippen molar-refractivity contribution in [1.29, 1.82) is 0 Å². The fourth-order valence-corrected chi connectivity index (χ4v) is 2.10. The van der Waals surface area contributed by atoms with Gasteiger partial charge in [-0.25, -0.2) is 17.6 Å². The number of rotatable bonds is 3. The third kappa shape index (κ3) is 3.26. The lowest BCUT2D eigenvalue weighted by Crippen LogP contribution is -2.03. The summed E-state index contributed by atoms with van der Waals surface area (Å²) in [5, 5.41) is 2.69. The molecular weight excluding hydrogens is 326 g/mol. The van der Waals surface area contributed by atoms with Crippen LogP contribution >= 0.6 is 15.9 Å². The lowest BCUT2D eigenvalue weighted by molar-refractivity contribution is 0.507. The highest BCUT2D eigenvalue weighted by Crippen LogP contribution is 2.27. The Labute approximate surface area is 115 Å². The Hall–Kier alpha value is -1.56. The molecule has 2 aromatic carbocycles. The van der Waals surface area contributed by atoms with E-state index in [1.165, 1.54) is 6.07 Å². The van der Waals surface area contributed by atoms with Crippen molar-refractivity contribution in [2.45, 2.75) is 6.54 Å². The van der Waals surface area contributed by atoms with E-state index in [1.807, 2.05) is 0 Å². The van der Waals surface area contributed by atoms with Crippen LogP contribution < -0.4 is 5.32 Å². The van der Waals surface area contributed by atoms with Crippen molar-refractivity contribution in [1.82, 2.24) is 0 Å². The van der Waals surface area contributed by atoms with Gasteiger partial charge in [-0.3, -0.25) is 0 Å². The molecule has 19 heavy (non-hydrogen) atoms. The largest absolute Gasteiger partial charge is 0.378 e. The first kappa shape index (κ1) is 13.9. The maximum Gasteiger partial charge on any atom is 0.159 e. The number of hydrogen-bond donors (Lipinski definition) is 1. The lowest BCUT2D eigenvalue weighted by Gasteiger charge is -2.10. The maximum atomic E-state index is 13.5. The zero-order valence-electron chi connectivity index (χ0n) is 9.48. The van der Waals surface area contributed by atoms with E-state index >= 15 is 0 Å². The molecule has 6 heteroatoms. The van der Waals surface area contributed by atoms with Crippen LogP contribution in [0.2, 0.25) is 0 Å². The Morgan fingerprint density at radius 2 is 1.63 bits per heavy atom. The highest BCUT2D eigenvalue weighted by Gasteiger charge is 2.10. The molecular formula is C13H8BrF4N. The standard InChI is InChI=1S/C13H8BrF4N/c14-9-4-8(15)5-12(18)13(9)19-6-7-1-2-10(16)11(17)3-7/h1-5,19H,6H2. The summed E-state index contributed by atoms with van der Waals surface area (Å²) in [6.07, 6.45) is 0. The topological polar surface area (TPSA) is 12.0 Å². The second-order valence-electron chi connectivity index (χ2n) is 3.85. The molecule has 0 bridgehead atoms. The molecule has 0 spiro atoms. The first-order valence-corrected chi connectivity index (χ1v) is 6.09. The maximum absolute atomic E-state index is 13.5. The summed E-state index contributed by atoms with van der Waals surface area (Å²) in [5.74, 6) is -3.40. The van der Waals surface area contributed by atoms with Crippen LogP contribution in [0.25, 0.3) is 0 Å². The van der Waals surface area contributed by atoms with Gasteiger partial charge in [0.05, 0.1) is 5.69 Å². The van der Waals surface area contributed by atoms with E-state index in [4.69, 9.17) is 0 Å². The number of halogens is 5. The van der Waals surface area contributed by atoms with E-state index in [-0.39, 0.29) is 16.7 Å². The molecule has 0 aliphatic carbocycles. The molecule has 0 unspecified atom stereocenters. The van der Waals surface area contributed by atoms with Crippen molar-refractivity contribution in [2.24, 2.45) is 0 Å². The summed E-state index contributed by atoms with van der Waals surface area (Å²) in [7, 11) is 0. The van der Waals surface area contributed by atoms with E-state index in [9.17, 15) is 17.6 Å². The van der Waals surface area contributed by atoms with Gasteiger partial charge in [0.15, 0.2) is 11.6 Å². The number of nitrogens with one attached hydrogen (secondary N) is 1. The first-order chi connectivity index (χ1) is 8.97. The average molecular weight is 334 g/mol. The second-order valence-corrected chi connectivity index (χ2v) is 4.70. The molecule has 0 aromatic heterocycles. The molecule has 0 radical (unpaired) electrons. The highest BCUT2D eigenvalue weighted by molar-refractivity contribution is 9.10. The number of anilines is 1. The van der Waals surface area contributed by atoms with Gasteiger partial charge in [0.1, 0.15) is 11.6 Å². The molecule has 0 saturated carbocycles. The van der Waals surface area contributed by atoms with E-state index < -0.39 is 23.3 Å². The zero-order chi connectivity index (χ0) is 14.0. The smallest absolute Gasteiger partial charge is 0.159 e. The Bertz CT molecular complexity index is 593. The molecule has 2 aromatic rings. The van der Waals surface area contributed by atoms with Gasteiger partial charge in [-0.15, -0.1) is 0 Å².